The zero-order valence-electron chi connectivity index (χ0n) is 20.7. The summed E-state index contributed by atoms with van der Waals surface area (Å²) in [5.41, 5.74) is 4.17. The van der Waals surface area contributed by atoms with Gasteiger partial charge in [0.15, 0.2) is 0 Å². The summed E-state index contributed by atoms with van der Waals surface area (Å²) in [6.07, 6.45) is 0. The smallest absolute Gasteiger partial charge is 0.255 e. The molecule has 3 aromatic rings. The Morgan fingerprint density at radius 2 is 1.50 bits per heavy atom. The molecule has 2 N–H and O–H groups in total. The number of morpholine rings is 1. The number of benzene rings is 3. The molecule has 8 heteroatoms. The van der Waals surface area contributed by atoms with Gasteiger partial charge >= 0.3 is 0 Å². The monoisotopic (exact) mass is 488 g/mol. The number of nitrogens with one attached hydrogen (secondary N) is 2. The average molecular weight is 489 g/mol. The molecule has 0 atom stereocenters. The minimum Gasteiger partial charge on any atom is -0.497 e. The third-order valence-electron chi connectivity index (χ3n) is 5.96. The average Bonchev–Trinajstić information content (AvgIpc) is 2.90. The number of carbonyl (C=O) groups is 2. The van der Waals surface area contributed by atoms with Crippen molar-refractivity contribution in [1.82, 2.24) is 4.90 Å². The highest BCUT2D eigenvalue weighted by molar-refractivity contribution is 6.04. The molecule has 1 aliphatic heterocycles. The van der Waals surface area contributed by atoms with Crippen molar-refractivity contribution in [2.45, 2.75) is 6.54 Å². The van der Waals surface area contributed by atoms with Crippen LogP contribution in [0.1, 0.15) is 15.9 Å². The van der Waals surface area contributed by atoms with Crippen LogP contribution in [0.15, 0.2) is 72.8 Å². The number of rotatable bonds is 9. The number of hydrogen-bond donors (Lipinski definition) is 2. The van der Waals surface area contributed by atoms with E-state index in [0.29, 0.717) is 23.5 Å². The van der Waals surface area contributed by atoms with Crippen LogP contribution in [0.3, 0.4) is 0 Å². The summed E-state index contributed by atoms with van der Waals surface area (Å²) >= 11 is 0. The first-order valence-corrected chi connectivity index (χ1v) is 12.0. The second kappa shape index (κ2) is 12.2. The van der Waals surface area contributed by atoms with Crippen LogP contribution < -0.4 is 20.3 Å². The summed E-state index contributed by atoms with van der Waals surface area (Å²) in [6, 6.07) is 22.4. The Kier molecular flexibility index (Phi) is 8.54. The van der Waals surface area contributed by atoms with Crippen LogP contribution in [0.5, 0.6) is 5.75 Å². The van der Waals surface area contributed by atoms with Crippen molar-refractivity contribution in [1.29, 1.82) is 0 Å². The van der Waals surface area contributed by atoms with Gasteiger partial charge in [-0.1, -0.05) is 12.1 Å². The molecule has 2 amide bonds. The molecule has 1 aliphatic rings. The van der Waals surface area contributed by atoms with Crippen molar-refractivity contribution in [2.75, 3.05) is 62.5 Å². The van der Waals surface area contributed by atoms with Crippen LogP contribution in [-0.4, -0.2) is 63.7 Å². The molecule has 8 nitrogen and oxygen atoms in total. The summed E-state index contributed by atoms with van der Waals surface area (Å²) in [4.78, 5) is 29.3. The van der Waals surface area contributed by atoms with E-state index in [1.165, 1.54) is 5.69 Å². The summed E-state index contributed by atoms with van der Waals surface area (Å²) < 4.78 is 10.5. The summed E-state index contributed by atoms with van der Waals surface area (Å²) in [5, 5.41) is 5.74. The van der Waals surface area contributed by atoms with E-state index >= 15 is 0 Å². The lowest BCUT2D eigenvalue weighted by molar-refractivity contribution is -0.117. The molecule has 3 aromatic carbocycles. The Balaban J connectivity index is 1.23. The predicted molar refractivity (Wildman–Crippen MR) is 142 cm³/mol. The van der Waals surface area contributed by atoms with Crippen molar-refractivity contribution in [3.63, 3.8) is 0 Å². The molecule has 0 aliphatic carbocycles. The third-order valence-corrected chi connectivity index (χ3v) is 5.96. The van der Waals surface area contributed by atoms with Gasteiger partial charge in [0.05, 0.1) is 26.9 Å². The largest absolute Gasteiger partial charge is 0.497 e. The molecule has 36 heavy (non-hydrogen) atoms. The molecule has 0 saturated carbocycles. The first-order valence-electron chi connectivity index (χ1n) is 12.0. The Bertz CT molecular complexity index is 1140. The number of likely N-dealkylation sites (N-methyl/N-ethyl adjacent to an activating group) is 1. The number of nitrogens with zero attached hydrogens (tertiary/aromatic N) is 2. The van der Waals surface area contributed by atoms with Crippen molar-refractivity contribution >= 4 is 28.9 Å². The van der Waals surface area contributed by atoms with Crippen molar-refractivity contribution in [3.8, 4) is 5.75 Å². The van der Waals surface area contributed by atoms with Gasteiger partial charge in [-0.05, 0) is 73.3 Å². The van der Waals surface area contributed by atoms with Gasteiger partial charge in [0.1, 0.15) is 5.75 Å². The normalized spacial score (nSPS) is 13.4. The van der Waals surface area contributed by atoms with Crippen LogP contribution in [0.4, 0.5) is 17.1 Å². The van der Waals surface area contributed by atoms with Crippen LogP contribution >= 0.6 is 0 Å². The lowest BCUT2D eigenvalue weighted by Crippen LogP contribution is -2.36. The zero-order chi connectivity index (χ0) is 25.3. The molecule has 188 valence electrons. The first-order chi connectivity index (χ1) is 17.5. The summed E-state index contributed by atoms with van der Waals surface area (Å²) in [7, 11) is 3.51. The Hall–Kier alpha value is -3.88. The topological polar surface area (TPSA) is 83.1 Å². The molecular weight excluding hydrogens is 456 g/mol. The van der Waals surface area contributed by atoms with Crippen LogP contribution in [-0.2, 0) is 16.1 Å². The fraction of sp³-hybridized carbons (Fsp3) is 0.286. The molecule has 0 aromatic heterocycles. The second-order valence-corrected chi connectivity index (χ2v) is 8.75. The minimum atomic E-state index is -0.225. The first kappa shape index (κ1) is 25.2. The molecular formula is C28H32N4O4. The molecule has 0 radical (unpaired) electrons. The van der Waals surface area contributed by atoms with Gasteiger partial charge in [-0.3, -0.25) is 14.5 Å². The lowest BCUT2D eigenvalue weighted by atomic mass is 10.1. The zero-order valence-corrected chi connectivity index (χ0v) is 20.7. The Labute approximate surface area is 211 Å². The van der Waals surface area contributed by atoms with E-state index in [-0.39, 0.29) is 18.4 Å². The van der Waals surface area contributed by atoms with Crippen LogP contribution in [0, 0.1) is 0 Å². The third kappa shape index (κ3) is 7.07. The molecule has 1 heterocycles. The number of anilines is 3. The predicted octanol–water partition coefficient (Wildman–Crippen LogP) is 3.85. The molecule has 1 fully saturated rings. The van der Waals surface area contributed by atoms with Gasteiger partial charge in [0.25, 0.3) is 5.91 Å². The molecule has 1 saturated heterocycles. The van der Waals surface area contributed by atoms with Crippen LogP contribution in [0.25, 0.3) is 0 Å². The van der Waals surface area contributed by atoms with E-state index in [9.17, 15) is 9.59 Å². The highest BCUT2D eigenvalue weighted by Gasteiger charge is 2.12. The number of hydrogen-bond acceptors (Lipinski definition) is 6. The number of ether oxygens (including phenoxy) is 2. The second-order valence-electron chi connectivity index (χ2n) is 8.75. The number of amides is 2. The van der Waals surface area contributed by atoms with Crippen molar-refractivity contribution in [3.05, 3.63) is 83.9 Å². The van der Waals surface area contributed by atoms with Gasteiger partial charge in [-0.15, -0.1) is 0 Å². The maximum Gasteiger partial charge on any atom is 0.255 e. The van der Waals surface area contributed by atoms with Crippen molar-refractivity contribution < 1.29 is 19.1 Å². The van der Waals surface area contributed by atoms with E-state index in [1.54, 1.807) is 55.6 Å². The molecule has 0 spiro atoms. The van der Waals surface area contributed by atoms with Gasteiger partial charge in [0, 0.05) is 42.3 Å². The maximum absolute atomic E-state index is 12.5. The fourth-order valence-electron chi connectivity index (χ4n) is 4.03. The SMILES string of the molecule is COc1ccc(NC(=O)c2ccc(NC(=O)CN(C)Cc3ccc(N4CCOCC4)cc3)cc2)cc1. The molecule has 4 rings (SSSR count). The Morgan fingerprint density at radius 1 is 0.889 bits per heavy atom. The van der Waals surface area contributed by atoms with Crippen molar-refractivity contribution in [2.24, 2.45) is 0 Å². The van der Waals surface area contributed by atoms with Gasteiger partial charge in [0.2, 0.25) is 5.91 Å². The van der Waals surface area contributed by atoms with Gasteiger partial charge < -0.3 is 25.0 Å². The summed E-state index contributed by atoms with van der Waals surface area (Å²) in [5.74, 6) is 0.385. The van der Waals surface area contributed by atoms with Gasteiger partial charge in [-0.25, -0.2) is 0 Å². The van der Waals surface area contributed by atoms with E-state index in [1.807, 2.05) is 11.9 Å². The fourth-order valence-corrected chi connectivity index (χ4v) is 4.03. The van der Waals surface area contributed by atoms with E-state index in [0.717, 1.165) is 37.6 Å². The maximum atomic E-state index is 12.5. The lowest BCUT2D eigenvalue weighted by Gasteiger charge is -2.29. The van der Waals surface area contributed by atoms with Gasteiger partial charge in [-0.2, -0.15) is 0 Å². The van der Waals surface area contributed by atoms with E-state index in [4.69, 9.17) is 9.47 Å². The highest BCUT2D eigenvalue weighted by Crippen LogP contribution is 2.18. The van der Waals surface area contributed by atoms with E-state index < -0.39 is 0 Å². The number of methoxy groups -OCH3 is 1. The quantitative estimate of drug-likeness (QED) is 0.476. The van der Waals surface area contributed by atoms with E-state index in [2.05, 4.69) is 39.8 Å². The number of carbonyl (C=O) groups excluding carboxylic acids is 2. The highest BCUT2D eigenvalue weighted by atomic mass is 16.5. The minimum absolute atomic E-state index is 0.113. The van der Waals surface area contributed by atoms with Crippen LogP contribution in [0.2, 0.25) is 0 Å². The standard InChI is InChI=1S/C28H32N4O4/c1-31(19-21-3-11-25(12-4-21)32-15-17-36-18-16-32)20-27(33)29-23-7-5-22(6-8-23)28(34)30-24-9-13-26(35-2)14-10-24/h3-14H,15-20H2,1-2H3,(H,29,33)(H,30,34). The molecule has 0 bridgehead atoms. The summed E-state index contributed by atoms with van der Waals surface area (Å²) in [6.45, 7) is 4.27. The molecule has 0 unspecified atom stereocenters. The Morgan fingerprint density at radius 3 is 2.14 bits per heavy atom.